The molecule has 2 aromatic rings. The van der Waals surface area contributed by atoms with E-state index < -0.39 is 5.54 Å². The zero-order valence-corrected chi connectivity index (χ0v) is 13.2. The predicted octanol–water partition coefficient (Wildman–Crippen LogP) is 4.76. The molecule has 1 aliphatic carbocycles. The molecule has 2 aromatic heterocycles. The van der Waals surface area contributed by atoms with Crippen molar-refractivity contribution < 1.29 is 4.74 Å². The molecular weight excluding hydrogens is 302 g/mol. The predicted molar refractivity (Wildman–Crippen MR) is 85.0 cm³/mol. The van der Waals surface area contributed by atoms with Gasteiger partial charge < -0.3 is 4.74 Å². The average molecular weight is 318 g/mol. The number of halogens is 1. The first kappa shape index (κ1) is 14.9. The van der Waals surface area contributed by atoms with E-state index in [1.807, 2.05) is 13.8 Å². The van der Waals surface area contributed by atoms with Crippen LogP contribution in [-0.2, 0) is 5.54 Å². The number of nitrogens with zero attached hydrogens (tertiary/aromatic N) is 5. The Hall–Kier alpha value is -2.04. The lowest BCUT2D eigenvalue weighted by molar-refractivity contribution is 0.294. The van der Waals surface area contributed by atoms with Crippen molar-refractivity contribution in [1.82, 2.24) is 9.97 Å². The van der Waals surface area contributed by atoms with Crippen LogP contribution in [0.5, 0.6) is 5.88 Å². The van der Waals surface area contributed by atoms with E-state index >= 15 is 0 Å². The van der Waals surface area contributed by atoms with E-state index in [-0.39, 0.29) is 6.10 Å². The molecule has 0 aromatic carbocycles. The number of pyridine rings is 2. The second kappa shape index (κ2) is 5.63. The second-order valence-corrected chi connectivity index (χ2v) is 6.05. The number of aromatic nitrogens is 2. The Morgan fingerprint density at radius 3 is 2.82 bits per heavy atom. The Morgan fingerprint density at radius 1 is 1.41 bits per heavy atom. The van der Waals surface area contributed by atoms with Crippen LogP contribution in [0.2, 0.25) is 5.15 Å². The number of fused-ring (bicyclic) bond motifs is 1. The van der Waals surface area contributed by atoms with Crippen LogP contribution in [0.15, 0.2) is 23.6 Å². The highest BCUT2D eigenvalue weighted by molar-refractivity contribution is 6.30. The van der Waals surface area contributed by atoms with Crippen LogP contribution < -0.4 is 4.74 Å². The molecular formula is C15H16ClN5O. The van der Waals surface area contributed by atoms with Crippen LogP contribution >= 0.6 is 11.6 Å². The van der Waals surface area contributed by atoms with Crippen LogP contribution in [0.3, 0.4) is 0 Å². The van der Waals surface area contributed by atoms with Gasteiger partial charge in [0.15, 0.2) is 0 Å². The molecule has 1 atom stereocenters. The lowest BCUT2D eigenvalue weighted by atomic mass is 9.88. The van der Waals surface area contributed by atoms with Crippen molar-refractivity contribution in [3.8, 4) is 5.88 Å². The van der Waals surface area contributed by atoms with Gasteiger partial charge in [0, 0.05) is 17.3 Å². The first-order valence-corrected chi connectivity index (χ1v) is 7.63. The molecule has 0 aliphatic heterocycles. The third kappa shape index (κ3) is 2.67. The lowest BCUT2D eigenvalue weighted by Crippen LogP contribution is -2.18. The van der Waals surface area contributed by atoms with E-state index in [0.29, 0.717) is 17.5 Å². The summed E-state index contributed by atoms with van der Waals surface area (Å²) in [5.74, 6) is 0.560. The smallest absolute Gasteiger partial charge is 0.223 e. The van der Waals surface area contributed by atoms with Gasteiger partial charge in [0.25, 0.3) is 0 Å². The Balaban J connectivity index is 2.22. The normalized spacial score (nSPS) is 16.9. The number of azide groups is 1. The standard InChI is InChI=1S/C15H16ClN5O/c1-3-15(2,20-21-17)12-8-19-14(22-9-4-5-9)11-7-18-13(16)6-10(11)12/h6-9H,3-5H2,1-2H3. The molecule has 0 N–H and O–H groups in total. The summed E-state index contributed by atoms with van der Waals surface area (Å²) in [7, 11) is 0. The molecule has 22 heavy (non-hydrogen) atoms. The SMILES string of the molecule is CCC(C)(N=[N+]=[N-])c1cnc(OC2CC2)c2cnc(Cl)cc12. The van der Waals surface area contributed by atoms with Crippen LogP contribution in [0.1, 0.15) is 38.7 Å². The highest BCUT2D eigenvalue weighted by Crippen LogP contribution is 2.38. The molecule has 0 spiro atoms. The van der Waals surface area contributed by atoms with Crippen molar-refractivity contribution in [2.75, 3.05) is 0 Å². The molecule has 1 fully saturated rings. The molecule has 7 heteroatoms. The van der Waals surface area contributed by atoms with Gasteiger partial charge in [0.2, 0.25) is 5.88 Å². The minimum Gasteiger partial charge on any atom is -0.474 e. The summed E-state index contributed by atoms with van der Waals surface area (Å²) < 4.78 is 5.84. The van der Waals surface area contributed by atoms with Crippen LogP contribution in [0.25, 0.3) is 21.2 Å². The van der Waals surface area contributed by atoms with Crippen molar-refractivity contribution >= 4 is 22.4 Å². The van der Waals surface area contributed by atoms with Crippen molar-refractivity contribution in [3.63, 3.8) is 0 Å². The molecule has 2 heterocycles. The van der Waals surface area contributed by atoms with Gasteiger partial charge in [0.1, 0.15) is 11.3 Å². The fraction of sp³-hybridized carbons (Fsp3) is 0.467. The number of hydrogen-bond donors (Lipinski definition) is 0. The Labute approximate surface area is 133 Å². The molecule has 1 aliphatic rings. The topological polar surface area (TPSA) is 83.8 Å². The highest BCUT2D eigenvalue weighted by atomic mass is 35.5. The minimum atomic E-state index is -0.692. The number of hydrogen-bond acceptors (Lipinski definition) is 4. The lowest BCUT2D eigenvalue weighted by Gasteiger charge is -2.24. The summed E-state index contributed by atoms with van der Waals surface area (Å²) in [5.41, 5.74) is 9.01. The Bertz CT molecular complexity index is 770. The van der Waals surface area contributed by atoms with Crippen LogP contribution in [0, 0.1) is 0 Å². The molecule has 0 radical (unpaired) electrons. The fourth-order valence-electron chi connectivity index (χ4n) is 2.37. The maximum absolute atomic E-state index is 8.88. The third-order valence-electron chi connectivity index (χ3n) is 4.04. The summed E-state index contributed by atoms with van der Waals surface area (Å²) in [6.45, 7) is 3.86. The maximum atomic E-state index is 8.88. The monoisotopic (exact) mass is 317 g/mol. The largest absolute Gasteiger partial charge is 0.474 e. The Kier molecular flexibility index (Phi) is 3.81. The second-order valence-electron chi connectivity index (χ2n) is 5.66. The number of rotatable bonds is 5. The van der Waals surface area contributed by atoms with Gasteiger partial charge >= 0.3 is 0 Å². The Morgan fingerprint density at radius 2 is 2.18 bits per heavy atom. The molecule has 0 bridgehead atoms. The van der Waals surface area contributed by atoms with Gasteiger partial charge in [0.05, 0.1) is 10.9 Å². The van der Waals surface area contributed by atoms with Gasteiger partial charge in [-0.3, -0.25) is 0 Å². The van der Waals surface area contributed by atoms with Gasteiger partial charge in [-0.05, 0) is 48.7 Å². The summed E-state index contributed by atoms with van der Waals surface area (Å²) >= 11 is 6.06. The molecule has 3 rings (SSSR count). The quantitative estimate of drug-likeness (QED) is 0.345. The molecule has 0 saturated heterocycles. The fourth-order valence-corrected chi connectivity index (χ4v) is 2.52. The van der Waals surface area contributed by atoms with E-state index in [4.69, 9.17) is 21.9 Å². The molecule has 0 amide bonds. The zero-order valence-electron chi connectivity index (χ0n) is 12.5. The first-order chi connectivity index (χ1) is 10.6. The summed E-state index contributed by atoms with van der Waals surface area (Å²) in [4.78, 5) is 11.5. The van der Waals surface area contributed by atoms with E-state index in [2.05, 4.69) is 20.0 Å². The van der Waals surface area contributed by atoms with Gasteiger partial charge in [-0.2, -0.15) is 0 Å². The number of ether oxygens (including phenoxy) is 1. The van der Waals surface area contributed by atoms with Crippen LogP contribution in [0.4, 0.5) is 0 Å². The van der Waals surface area contributed by atoms with E-state index in [9.17, 15) is 0 Å². The summed E-state index contributed by atoms with van der Waals surface area (Å²) in [6.07, 6.45) is 6.38. The average Bonchev–Trinajstić information content (AvgIpc) is 3.31. The molecule has 1 unspecified atom stereocenters. The first-order valence-electron chi connectivity index (χ1n) is 7.25. The van der Waals surface area contributed by atoms with Crippen molar-refractivity contribution in [1.29, 1.82) is 0 Å². The van der Waals surface area contributed by atoms with Crippen molar-refractivity contribution in [3.05, 3.63) is 39.6 Å². The van der Waals surface area contributed by atoms with Gasteiger partial charge in [-0.1, -0.05) is 23.6 Å². The molecule has 114 valence electrons. The van der Waals surface area contributed by atoms with E-state index in [0.717, 1.165) is 29.2 Å². The van der Waals surface area contributed by atoms with Crippen molar-refractivity contribution in [2.24, 2.45) is 5.11 Å². The van der Waals surface area contributed by atoms with Crippen LogP contribution in [-0.4, -0.2) is 16.1 Å². The summed E-state index contributed by atoms with van der Waals surface area (Å²) in [5, 5.41) is 6.01. The summed E-state index contributed by atoms with van der Waals surface area (Å²) in [6, 6.07) is 1.77. The van der Waals surface area contributed by atoms with E-state index in [1.54, 1.807) is 18.5 Å². The maximum Gasteiger partial charge on any atom is 0.223 e. The molecule has 1 saturated carbocycles. The van der Waals surface area contributed by atoms with Crippen molar-refractivity contribution in [2.45, 2.75) is 44.8 Å². The van der Waals surface area contributed by atoms with Gasteiger partial charge in [-0.15, -0.1) is 0 Å². The minimum absolute atomic E-state index is 0.243. The van der Waals surface area contributed by atoms with E-state index in [1.165, 1.54) is 0 Å². The zero-order chi connectivity index (χ0) is 15.7. The third-order valence-corrected chi connectivity index (χ3v) is 4.25. The van der Waals surface area contributed by atoms with Gasteiger partial charge in [-0.25, -0.2) is 9.97 Å². The highest BCUT2D eigenvalue weighted by Gasteiger charge is 2.29. The molecule has 6 nitrogen and oxygen atoms in total.